The normalized spacial score (nSPS) is 15.6. The Morgan fingerprint density at radius 3 is 2.57 bits per heavy atom. The molecule has 4 heteroatoms. The van der Waals surface area contributed by atoms with E-state index in [1.807, 2.05) is 25.2 Å². The topological polar surface area (TPSA) is 48.0 Å². The minimum atomic E-state index is -0.409. The molecule has 0 amide bonds. The molecule has 1 atom stereocenters. The number of halogens is 1. The molecule has 1 unspecified atom stereocenters. The third-order valence-corrected chi connectivity index (χ3v) is 4.58. The molecule has 1 aromatic heterocycles. The Hall–Kier alpha value is -1.58. The van der Waals surface area contributed by atoms with Crippen molar-refractivity contribution in [2.24, 2.45) is 12.8 Å². The van der Waals surface area contributed by atoms with Gasteiger partial charge in [0.1, 0.15) is 0 Å². The van der Waals surface area contributed by atoms with Gasteiger partial charge >= 0.3 is 0 Å². The second kappa shape index (κ2) is 5.66. The van der Waals surface area contributed by atoms with E-state index >= 15 is 0 Å². The van der Waals surface area contributed by atoms with E-state index < -0.39 is 6.04 Å². The summed E-state index contributed by atoms with van der Waals surface area (Å²) < 4.78 is 1.78. The number of rotatable bonds is 2. The number of nitrogens with two attached hydrogens (primary N) is 1. The number of aryl methyl sites for hydroxylation is 1. The first-order valence-corrected chi connectivity index (χ1v) is 7.68. The number of hydrogen-bond acceptors (Lipinski definition) is 2. The molecule has 0 bridgehead atoms. The van der Waals surface area contributed by atoms with Crippen molar-refractivity contribution in [1.82, 2.24) is 4.57 Å². The Labute approximate surface area is 129 Å². The molecule has 1 aromatic carbocycles. The van der Waals surface area contributed by atoms with Gasteiger partial charge in [0, 0.05) is 23.3 Å². The summed E-state index contributed by atoms with van der Waals surface area (Å²) in [6.45, 7) is 0. The average Bonchev–Trinajstić information content (AvgIpc) is 2.51. The highest BCUT2D eigenvalue weighted by Crippen LogP contribution is 2.24. The Balaban J connectivity index is 2.08. The lowest BCUT2D eigenvalue weighted by Crippen LogP contribution is -2.31. The third kappa shape index (κ3) is 2.63. The van der Waals surface area contributed by atoms with Crippen LogP contribution in [0.2, 0.25) is 5.02 Å². The number of pyridine rings is 1. The molecule has 0 saturated heterocycles. The first kappa shape index (κ1) is 14.4. The SMILES string of the molecule is Cn1c2c(cc(C(N)c3ccc(Cl)cc3)c1=O)CCCC2. The van der Waals surface area contributed by atoms with Crippen LogP contribution in [0.5, 0.6) is 0 Å². The van der Waals surface area contributed by atoms with E-state index in [0.717, 1.165) is 24.8 Å². The van der Waals surface area contributed by atoms with Crippen molar-refractivity contribution in [3.8, 4) is 0 Å². The zero-order chi connectivity index (χ0) is 15.0. The first-order chi connectivity index (χ1) is 10.1. The van der Waals surface area contributed by atoms with Crippen molar-refractivity contribution in [3.05, 3.63) is 68.1 Å². The van der Waals surface area contributed by atoms with Gasteiger partial charge in [-0.1, -0.05) is 23.7 Å². The fraction of sp³-hybridized carbons (Fsp3) is 0.353. The van der Waals surface area contributed by atoms with Crippen LogP contribution in [-0.4, -0.2) is 4.57 Å². The molecule has 0 radical (unpaired) electrons. The summed E-state index contributed by atoms with van der Waals surface area (Å²) in [5.74, 6) is 0. The summed E-state index contributed by atoms with van der Waals surface area (Å²) in [6, 6.07) is 8.97. The molecule has 3 rings (SSSR count). The molecule has 0 spiro atoms. The van der Waals surface area contributed by atoms with Crippen LogP contribution in [0.15, 0.2) is 35.1 Å². The quantitative estimate of drug-likeness (QED) is 0.927. The minimum Gasteiger partial charge on any atom is -0.320 e. The van der Waals surface area contributed by atoms with Gasteiger partial charge in [-0.25, -0.2) is 0 Å². The summed E-state index contributed by atoms with van der Waals surface area (Å²) in [4.78, 5) is 12.6. The van der Waals surface area contributed by atoms with Crippen molar-refractivity contribution >= 4 is 11.6 Å². The summed E-state index contributed by atoms with van der Waals surface area (Å²) in [5, 5.41) is 0.671. The molecule has 3 nitrogen and oxygen atoms in total. The first-order valence-electron chi connectivity index (χ1n) is 7.30. The van der Waals surface area contributed by atoms with Crippen LogP contribution in [0.3, 0.4) is 0 Å². The highest BCUT2D eigenvalue weighted by atomic mass is 35.5. The number of hydrogen-bond donors (Lipinski definition) is 1. The number of fused-ring (bicyclic) bond motifs is 1. The van der Waals surface area contributed by atoms with E-state index in [0.29, 0.717) is 10.6 Å². The van der Waals surface area contributed by atoms with E-state index in [1.165, 1.54) is 17.7 Å². The summed E-state index contributed by atoms with van der Waals surface area (Å²) in [5.41, 5.74) is 10.3. The molecule has 0 aliphatic heterocycles. The summed E-state index contributed by atoms with van der Waals surface area (Å²) in [6.07, 6.45) is 4.35. The molecule has 1 aliphatic carbocycles. The maximum absolute atomic E-state index is 12.6. The van der Waals surface area contributed by atoms with Crippen LogP contribution in [0.4, 0.5) is 0 Å². The predicted octanol–water partition coefficient (Wildman–Crippen LogP) is 2.97. The largest absolute Gasteiger partial charge is 0.320 e. The Morgan fingerprint density at radius 2 is 1.86 bits per heavy atom. The number of aromatic nitrogens is 1. The van der Waals surface area contributed by atoms with E-state index in [-0.39, 0.29) is 5.56 Å². The zero-order valence-electron chi connectivity index (χ0n) is 12.1. The van der Waals surface area contributed by atoms with E-state index in [1.54, 1.807) is 16.7 Å². The van der Waals surface area contributed by atoms with Crippen LogP contribution in [0.1, 0.15) is 41.3 Å². The lowest BCUT2D eigenvalue weighted by Gasteiger charge is -2.22. The average molecular weight is 303 g/mol. The number of nitrogens with zero attached hydrogens (tertiary/aromatic N) is 1. The molecule has 110 valence electrons. The smallest absolute Gasteiger partial charge is 0.255 e. The van der Waals surface area contributed by atoms with Crippen LogP contribution in [0.25, 0.3) is 0 Å². The summed E-state index contributed by atoms with van der Waals surface area (Å²) in [7, 11) is 1.85. The fourth-order valence-electron chi connectivity index (χ4n) is 3.09. The van der Waals surface area contributed by atoms with Gasteiger partial charge in [-0.15, -0.1) is 0 Å². The third-order valence-electron chi connectivity index (χ3n) is 4.33. The van der Waals surface area contributed by atoms with Crippen LogP contribution in [-0.2, 0) is 19.9 Å². The number of benzene rings is 1. The van der Waals surface area contributed by atoms with Crippen molar-refractivity contribution in [2.45, 2.75) is 31.7 Å². The van der Waals surface area contributed by atoms with Gasteiger partial charge in [-0.3, -0.25) is 4.79 Å². The Morgan fingerprint density at radius 1 is 1.19 bits per heavy atom. The molecule has 1 aliphatic rings. The molecule has 1 heterocycles. The van der Waals surface area contributed by atoms with Gasteiger partial charge in [0.05, 0.1) is 6.04 Å². The van der Waals surface area contributed by atoms with Gasteiger partial charge < -0.3 is 10.3 Å². The van der Waals surface area contributed by atoms with Crippen LogP contribution in [0, 0.1) is 0 Å². The maximum Gasteiger partial charge on any atom is 0.255 e. The van der Waals surface area contributed by atoms with Crippen LogP contribution < -0.4 is 11.3 Å². The van der Waals surface area contributed by atoms with Crippen molar-refractivity contribution in [2.75, 3.05) is 0 Å². The Kier molecular flexibility index (Phi) is 3.87. The van der Waals surface area contributed by atoms with Gasteiger partial charge in [0.2, 0.25) is 0 Å². The molecular formula is C17H19ClN2O. The molecular weight excluding hydrogens is 284 g/mol. The highest BCUT2D eigenvalue weighted by molar-refractivity contribution is 6.30. The predicted molar refractivity (Wildman–Crippen MR) is 85.8 cm³/mol. The van der Waals surface area contributed by atoms with E-state index in [4.69, 9.17) is 17.3 Å². The van der Waals surface area contributed by atoms with Crippen molar-refractivity contribution in [1.29, 1.82) is 0 Å². The zero-order valence-corrected chi connectivity index (χ0v) is 12.9. The van der Waals surface area contributed by atoms with Crippen molar-refractivity contribution in [3.63, 3.8) is 0 Å². The lowest BCUT2D eigenvalue weighted by atomic mass is 9.92. The second-order valence-corrected chi connectivity index (χ2v) is 6.11. The monoisotopic (exact) mass is 302 g/mol. The minimum absolute atomic E-state index is 0.0121. The molecule has 2 N–H and O–H groups in total. The summed E-state index contributed by atoms with van der Waals surface area (Å²) >= 11 is 5.91. The standard InChI is InChI=1S/C17H19ClN2O/c1-20-15-5-3-2-4-12(15)10-14(17(20)21)16(19)11-6-8-13(18)9-7-11/h6-10,16H,2-5,19H2,1H3. The molecule has 0 fully saturated rings. The molecule has 21 heavy (non-hydrogen) atoms. The maximum atomic E-state index is 12.6. The van der Waals surface area contributed by atoms with Crippen molar-refractivity contribution < 1.29 is 0 Å². The highest BCUT2D eigenvalue weighted by Gasteiger charge is 2.20. The van der Waals surface area contributed by atoms with Gasteiger partial charge in [0.15, 0.2) is 0 Å². The van der Waals surface area contributed by atoms with E-state index in [2.05, 4.69) is 0 Å². The Bertz CT molecular complexity index is 719. The van der Waals surface area contributed by atoms with E-state index in [9.17, 15) is 4.79 Å². The molecule has 2 aromatic rings. The van der Waals surface area contributed by atoms with Gasteiger partial charge in [-0.05, 0) is 55.0 Å². The lowest BCUT2D eigenvalue weighted by molar-refractivity contribution is 0.615. The fourth-order valence-corrected chi connectivity index (χ4v) is 3.22. The second-order valence-electron chi connectivity index (χ2n) is 5.67. The van der Waals surface area contributed by atoms with Gasteiger partial charge in [-0.2, -0.15) is 0 Å². The molecule has 0 saturated carbocycles. The van der Waals surface area contributed by atoms with Crippen LogP contribution >= 0.6 is 11.6 Å². The van der Waals surface area contributed by atoms with Gasteiger partial charge in [0.25, 0.3) is 5.56 Å².